The van der Waals surface area contributed by atoms with E-state index in [0.717, 1.165) is 29.9 Å². The van der Waals surface area contributed by atoms with Gasteiger partial charge in [-0.3, -0.25) is 0 Å². The summed E-state index contributed by atoms with van der Waals surface area (Å²) in [5.74, 6) is 2.56. The van der Waals surface area contributed by atoms with E-state index < -0.39 is 0 Å². The van der Waals surface area contributed by atoms with E-state index in [1.54, 1.807) is 14.2 Å². The van der Waals surface area contributed by atoms with E-state index >= 15 is 0 Å². The van der Waals surface area contributed by atoms with Gasteiger partial charge in [0.2, 0.25) is 0 Å². The molecule has 1 aromatic heterocycles. The van der Waals surface area contributed by atoms with Gasteiger partial charge in [-0.25, -0.2) is 9.97 Å². The molecule has 2 aromatic rings. The predicted molar refractivity (Wildman–Crippen MR) is 83.3 cm³/mol. The van der Waals surface area contributed by atoms with Crippen molar-refractivity contribution < 1.29 is 9.47 Å². The Kier molecular flexibility index (Phi) is 4.81. The Morgan fingerprint density at radius 2 is 1.90 bits per heavy atom. The Morgan fingerprint density at radius 3 is 2.57 bits per heavy atom. The fourth-order valence-corrected chi connectivity index (χ4v) is 2.08. The molecule has 21 heavy (non-hydrogen) atoms. The predicted octanol–water partition coefficient (Wildman–Crippen LogP) is 2.77. The molecule has 6 nitrogen and oxygen atoms in total. The molecule has 112 valence electrons. The Hall–Kier alpha value is -2.50. The average Bonchev–Trinajstić information content (AvgIpc) is 2.50. The van der Waals surface area contributed by atoms with Crippen LogP contribution < -0.4 is 20.5 Å². The lowest BCUT2D eigenvalue weighted by Gasteiger charge is -2.13. The van der Waals surface area contributed by atoms with Crippen molar-refractivity contribution in [2.75, 3.05) is 25.3 Å². The van der Waals surface area contributed by atoms with Crippen molar-refractivity contribution >= 4 is 17.3 Å². The standard InChI is InChI=1S/C15H20N4O2/c1-4-5-11-14(16)17-9-18-15(11)19-10-6-7-12(20-2)13(8-10)21-3/h6-9H,4-5H2,1-3H3,(H3,16,17,18,19). The van der Waals surface area contributed by atoms with Gasteiger partial charge in [-0.2, -0.15) is 0 Å². The lowest BCUT2D eigenvalue weighted by atomic mass is 10.1. The second kappa shape index (κ2) is 6.78. The molecule has 0 aliphatic heterocycles. The summed E-state index contributed by atoms with van der Waals surface area (Å²) in [7, 11) is 3.21. The highest BCUT2D eigenvalue weighted by Crippen LogP contribution is 2.31. The molecule has 0 bridgehead atoms. The van der Waals surface area contributed by atoms with Gasteiger partial charge >= 0.3 is 0 Å². The summed E-state index contributed by atoms with van der Waals surface area (Å²) in [6, 6.07) is 5.59. The maximum atomic E-state index is 5.93. The fourth-order valence-electron chi connectivity index (χ4n) is 2.08. The monoisotopic (exact) mass is 288 g/mol. The minimum Gasteiger partial charge on any atom is -0.493 e. The van der Waals surface area contributed by atoms with Crippen LogP contribution >= 0.6 is 0 Å². The Bertz CT molecular complexity index is 617. The van der Waals surface area contributed by atoms with Gasteiger partial charge in [-0.15, -0.1) is 0 Å². The summed E-state index contributed by atoms with van der Waals surface area (Å²) in [6.07, 6.45) is 3.25. The molecule has 0 unspecified atom stereocenters. The van der Waals surface area contributed by atoms with Crippen LogP contribution in [-0.2, 0) is 6.42 Å². The van der Waals surface area contributed by atoms with Crippen LogP contribution in [-0.4, -0.2) is 24.2 Å². The maximum Gasteiger partial charge on any atom is 0.162 e. The Balaban J connectivity index is 2.32. The molecule has 0 fully saturated rings. The summed E-state index contributed by atoms with van der Waals surface area (Å²) in [6.45, 7) is 2.09. The van der Waals surface area contributed by atoms with Gasteiger partial charge in [0.05, 0.1) is 14.2 Å². The number of aromatic nitrogens is 2. The molecule has 1 heterocycles. The minimum atomic E-state index is 0.509. The Morgan fingerprint density at radius 1 is 1.14 bits per heavy atom. The molecular weight excluding hydrogens is 268 g/mol. The van der Waals surface area contributed by atoms with Crippen molar-refractivity contribution in [2.24, 2.45) is 0 Å². The third kappa shape index (κ3) is 3.34. The molecule has 3 N–H and O–H groups in total. The zero-order valence-electron chi connectivity index (χ0n) is 12.5. The van der Waals surface area contributed by atoms with Crippen LogP contribution in [0.5, 0.6) is 11.5 Å². The zero-order valence-corrected chi connectivity index (χ0v) is 12.5. The highest BCUT2D eigenvalue weighted by molar-refractivity contribution is 5.66. The van der Waals surface area contributed by atoms with E-state index in [4.69, 9.17) is 15.2 Å². The van der Waals surface area contributed by atoms with Crippen molar-refractivity contribution in [3.05, 3.63) is 30.1 Å². The SMILES string of the molecule is CCCc1c(N)ncnc1Nc1ccc(OC)c(OC)c1. The van der Waals surface area contributed by atoms with Gasteiger partial charge in [0.25, 0.3) is 0 Å². The number of hydrogen-bond acceptors (Lipinski definition) is 6. The van der Waals surface area contributed by atoms with Crippen LogP contribution in [0.2, 0.25) is 0 Å². The van der Waals surface area contributed by atoms with Crippen LogP contribution in [0, 0.1) is 0 Å². The van der Waals surface area contributed by atoms with Gasteiger partial charge in [0, 0.05) is 17.3 Å². The molecule has 0 amide bonds. The summed E-state index contributed by atoms with van der Waals surface area (Å²) in [4.78, 5) is 8.32. The van der Waals surface area contributed by atoms with Crippen molar-refractivity contribution in [1.29, 1.82) is 0 Å². The number of anilines is 3. The van der Waals surface area contributed by atoms with Gasteiger partial charge in [0.15, 0.2) is 11.5 Å². The Labute approximate surface area is 124 Å². The van der Waals surface area contributed by atoms with Gasteiger partial charge in [-0.1, -0.05) is 13.3 Å². The summed E-state index contributed by atoms with van der Waals surface area (Å²) >= 11 is 0. The molecule has 0 radical (unpaired) electrons. The molecule has 0 atom stereocenters. The van der Waals surface area contributed by atoms with Crippen molar-refractivity contribution in [1.82, 2.24) is 9.97 Å². The van der Waals surface area contributed by atoms with Crippen LogP contribution in [0.3, 0.4) is 0 Å². The third-order valence-electron chi connectivity index (χ3n) is 3.12. The molecule has 0 saturated heterocycles. The minimum absolute atomic E-state index is 0.509. The van der Waals surface area contributed by atoms with Crippen LogP contribution in [0.25, 0.3) is 0 Å². The van der Waals surface area contributed by atoms with Crippen LogP contribution in [0.4, 0.5) is 17.3 Å². The number of nitrogens with zero attached hydrogens (tertiary/aromatic N) is 2. The molecule has 2 rings (SSSR count). The molecule has 0 aliphatic rings. The topological polar surface area (TPSA) is 82.3 Å². The van der Waals surface area contributed by atoms with Crippen molar-refractivity contribution in [3.63, 3.8) is 0 Å². The third-order valence-corrected chi connectivity index (χ3v) is 3.12. The lowest BCUT2D eigenvalue weighted by Crippen LogP contribution is -2.05. The number of rotatable bonds is 6. The molecule has 0 spiro atoms. The molecular formula is C15H20N4O2. The summed E-state index contributed by atoms with van der Waals surface area (Å²) < 4.78 is 10.5. The fraction of sp³-hybridized carbons (Fsp3) is 0.333. The van der Waals surface area contributed by atoms with Gasteiger partial charge in [-0.05, 0) is 18.6 Å². The smallest absolute Gasteiger partial charge is 0.162 e. The van der Waals surface area contributed by atoms with Gasteiger partial charge in [0.1, 0.15) is 18.0 Å². The first-order valence-corrected chi connectivity index (χ1v) is 6.78. The number of methoxy groups -OCH3 is 2. The second-order valence-corrected chi connectivity index (χ2v) is 4.53. The first-order chi connectivity index (χ1) is 10.2. The number of benzene rings is 1. The van der Waals surface area contributed by atoms with E-state index in [9.17, 15) is 0 Å². The number of ether oxygens (including phenoxy) is 2. The lowest BCUT2D eigenvalue weighted by molar-refractivity contribution is 0.355. The van der Waals surface area contributed by atoms with E-state index in [-0.39, 0.29) is 0 Å². The maximum absolute atomic E-state index is 5.93. The number of nitrogens with one attached hydrogen (secondary N) is 1. The number of nitrogen functional groups attached to an aromatic ring is 1. The molecule has 0 saturated carbocycles. The quantitative estimate of drug-likeness (QED) is 0.850. The summed E-state index contributed by atoms with van der Waals surface area (Å²) in [5.41, 5.74) is 7.70. The largest absolute Gasteiger partial charge is 0.493 e. The normalized spacial score (nSPS) is 10.2. The van der Waals surface area contributed by atoms with Crippen LogP contribution in [0.15, 0.2) is 24.5 Å². The van der Waals surface area contributed by atoms with E-state index in [1.165, 1.54) is 6.33 Å². The average molecular weight is 288 g/mol. The first kappa shape index (κ1) is 14.9. The highest BCUT2D eigenvalue weighted by atomic mass is 16.5. The first-order valence-electron chi connectivity index (χ1n) is 6.78. The van der Waals surface area contributed by atoms with E-state index in [2.05, 4.69) is 22.2 Å². The number of nitrogens with two attached hydrogens (primary N) is 1. The van der Waals surface area contributed by atoms with E-state index in [0.29, 0.717) is 17.3 Å². The molecule has 6 heteroatoms. The molecule has 0 aliphatic carbocycles. The van der Waals surface area contributed by atoms with E-state index in [1.807, 2.05) is 18.2 Å². The highest BCUT2D eigenvalue weighted by Gasteiger charge is 2.10. The van der Waals surface area contributed by atoms with Gasteiger partial charge < -0.3 is 20.5 Å². The number of hydrogen-bond donors (Lipinski definition) is 2. The summed E-state index contributed by atoms with van der Waals surface area (Å²) in [5, 5.41) is 3.26. The second-order valence-electron chi connectivity index (χ2n) is 4.53. The van der Waals surface area contributed by atoms with Crippen molar-refractivity contribution in [3.8, 4) is 11.5 Å². The zero-order chi connectivity index (χ0) is 15.2. The van der Waals surface area contributed by atoms with Crippen LogP contribution in [0.1, 0.15) is 18.9 Å². The molecule has 1 aromatic carbocycles. The van der Waals surface area contributed by atoms with Crippen molar-refractivity contribution in [2.45, 2.75) is 19.8 Å².